The largest absolute Gasteiger partial charge is 0.373 e. The van der Waals surface area contributed by atoms with E-state index in [-0.39, 0.29) is 23.6 Å². The van der Waals surface area contributed by atoms with Crippen molar-refractivity contribution in [1.82, 2.24) is 0 Å². The molecule has 0 aliphatic carbocycles. The van der Waals surface area contributed by atoms with Gasteiger partial charge in [0.1, 0.15) is 12.4 Å². The van der Waals surface area contributed by atoms with Gasteiger partial charge in [-0.05, 0) is 13.3 Å². The third-order valence-electron chi connectivity index (χ3n) is 2.42. The number of Topliss-reactive ketones (excluding diaryl/α,β-unsaturated/α-hetero) is 2. The van der Waals surface area contributed by atoms with Crippen molar-refractivity contribution >= 4 is 11.6 Å². The molecule has 0 amide bonds. The molecule has 0 aliphatic rings. The van der Waals surface area contributed by atoms with Crippen LogP contribution in [0.4, 0.5) is 0 Å². The summed E-state index contributed by atoms with van der Waals surface area (Å²) in [5.41, 5.74) is -0.264. The first-order valence-corrected chi connectivity index (χ1v) is 5.00. The molecule has 0 rings (SSSR count). The smallest absolute Gasteiger partial charge is 0.155 e. The van der Waals surface area contributed by atoms with E-state index in [1.165, 1.54) is 6.92 Å². The third-order valence-corrected chi connectivity index (χ3v) is 2.42. The van der Waals surface area contributed by atoms with Gasteiger partial charge in [0, 0.05) is 11.8 Å². The second kappa shape index (κ2) is 5.91. The lowest BCUT2D eigenvalue weighted by atomic mass is 9.84. The Morgan fingerprint density at radius 2 is 1.86 bits per heavy atom. The molecule has 0 unspecified atom stereocenters. The van der Waals surface area contributed by atoms with Crippen LogP contribution in [0.3, 0.4) is 0 Å². The highest BCUT2D eigenvalue weighted by Gasteiger charge is 2.24. The summed E-state index contributed by atoms with van der Waals surface area (Å²) in [6.07, 6.45) is 1.23. The molecule has 3 heteroatoms. The second-order valence-electron chi connectivity index (χ2n) is 4.17. The number of hydrogen-bond donors (Lipinski definition) is 0. The van der Waals surface area contributed by atoms with Gasteiger partial charge in [0.2, 0.25) is 0 Å². The lowest BCUT2D eigenvalue weighted by Gasteiger charge is -2.20. The summed E-state index contributed by atoms with van der Waals surface area (Å²) in [7, 11) is 0. The maximum absolute atomic E-state index is 11.6. The van der Waals surface area contributed by atoms with Gasteiger partial charge in [-0.2, -0.15) is 0 Å². The molecule has 0 aromatic heterocycles. The Morgan fingerprint density at radius 1 is 1.29 bits per heavy atom. The number of hydrogen-bond acceptors (Lipinski definition) is 3. The Kier molecular flexibility index (Phi) is 5.62. The van der Waals surface area contributed by atoms with Crippen molar-refractivity contribution in [2.24, 2.45) is 5.41 Å². The molecule has 0 aromatic carbocycles. The Morgan fingerprint density at radius 3 is 2.29 bits per heavy atom. The van der Waals surface area contributed by atoms with Crippen LogP contribution in [0.5, 0.6) is 0 Å². The van der Waals surface area contributed by atoms with Crippen LogP contribution in [-0.4, -0.2) is 24.8 Å². The van der Waals surface area contributed by atoms with Crippen molar-refractivity contribution in [3.05, 3.63) is 0 Å². The van der Waals surface area contributed by atoms with Crippen LogP contribution in [0, 0.1) is 5.41 Å². The second-order valence-corrected chi connectivity index (χ2v) is 4.17. The quantitative estimate of drug-likeness (QED) is 0.590. The molecule has 0 bridgehead atoms. The van der Waals surface area contributed by atoms with Crippen molar-refractivity contribution in [1.29, 1.82) is 0 Å². The molecule has 0 N–H and O–H groups in total. The molecule has 82 valence electrons. The first kappa shape index (κ1) is 13.3. The van der Waals surface area contributed by atoms with Crippen LogP contribution in [0.2, 0.25) is 0 Å². The van der Waals surface area contributed by atoms with Crippen LogP contribution < -0.4 is 0 Å². The number of ketones is 2. The Labute approximate surface area is 85.8 Å². The van der Waals surface area contributed by atoms with Crippen molar-refractivity contribution < 1.29 is 14.3 Å². The van der Waals surface area contributed by atoms with Crippen molar-refractivity contribution in [3.63, 3.8) is 0 Å². The van der Waals surface area contributed by atoms with Crippen molar-refractivity contribution in [3.8, 4) is 0 Å². The van der Waals surface area contributed by atoms with Crippen molar-refractivity contribution in [2.75, 3.05) is 13.2 Å². The van der Waals surface area contributed by atoms with Gasteiger partial charge in [-0.3, -0.25) is 9.59 Å². The van der Waals surface area contributed by atoms with Gasteiger partial charge in [-0.15, -0.1) is 0 Å². The molecule has 0 spiro atoms. The van der Waals surface area contributed by atoms with E-state index in [1.54, 1.807) is 0 Å². The Bertz CT molecular complexity index is 207. The van der Waals surface area contributed by atoms with Gasteiger partial charge in [0.05, 0.1) is 6.61 Å². The standard InChI is InChI=1S/C11H20O3/c1-5-11(3,4)10(13)6-7-14-8-9(2)12/h5-8H2,1-4H3. The summed E-state index contributed by atoms with van der Waals surface area (Å²) in [5, 5.41) is 0. The van der Waals surface area contributed by atoms with E-state index in [2.05, 4.69) is 0 Å². The summed E-state index contributed by atoms with van der Waals surface area (Å²) < 4.78 is 5.04. The molecule has 0 heterocycles. The molecule has 0 saturated carbocycles. The van der Waals surface area contributed by atoms with E-state index in [1.807, 2.05) is 20.8 Å². The zero-order valence-corrected chi connectivity index (χ0v) is 9.55. The summed E-state index contributed by atoms with van der Waals surface area (Å²) in [5.74, 6) is 0.191. The molecule has 0 fully saturated rings. The van der Waals surface area contributed by atoms with Crippen LogP contribution in [0.25, 0.3) is 0 Å². The van der Waals surface area contributed by atoms with E-state index in [9.17, 15) is 9.59 Å². The lowest BCUT2D eigenvalue weighted by molar-refractivity contribution is -0.130. The SMILES string of the molecule is CCC(C)(C)C(=O)CCOCC(C)=O. The van der Waals surface area contributed by atoms with Crippen LogP contribution in [0.1, 0.15) is 40.5 Å². The minimum Gasteiger partial charge on any atom is -0.373 e. The fraction of sp³-hybridized carbons (Fsp3) is 0.818. The number of ether oxygens (including phenoxy) is 1. The average Bonchev–Trinajstić information content (AvgIpc) is 2.11. The van der Waals surface area contributed by atoms with Crippen LogP contribution >= 0.6 is 0 Å². The molecule has 0 saturated heterocycles. The maximum atomic E-state index is 11.6. The van der Waals surface area contributed by atoms with E-state index in [4.69, 9.17) is 4.74 Å². The third kappa shape index (κ3) is 5.12. The minimum absolute atomic E-state index is 0.00722. The predicted octanol–water partition coefficient (Wildman–Crippen LogP) is 1.99. The molecule has 0 radical (unpaired) electrons. The van der Waals surface area contributed by atoms with Crippen LogP contribution in [0.15, 0.2) is 0 Å². The van der Waals surface area contributed by atoms with Crippen LogP contribution in [-0.2, 0) is 14.3 Å². The zero-order chi connectivity index (χ0) is 11.2. The Balaban J connectivity index is 3.70. The van der Waals surface area contributed by atoms with Gasteiger partial charge < -0.3 is 4.74 Å². The molecular formula is C11H20O3. The van der Waals surface area contributed by atoms with E-state index >= 15 is 0 Å². The monoisotopic (exact) mass is 200 g/mol. The van der Waals surface area contributed by atoms with Crippen molar-refractivity contribution in [2.45, 2.75) is 40.5 Å². The fourth-order valence-corrected chi connectivity index (χ4v) is 0.916. The van der Waals surface area contributed by atoms with Gasteiger partial charge >= 0.3 is 0 Å². The maximum Gasteiger partial charge on any atom is 0.155 e. The molecule has 3 nitrogen and oxygen atoms in total. The number of rotatable bonds is 7. The van der Waals surface area contributed by atoms with Gasteiger partial charge in [-0.1, -0.05) is 20.8 Å². The topological polar surface area (TPSA) is 43.4 Å². The number of carbonyl (C=O) groups is 2. The highest BCUT2D eigenvalue weighted by atomic mass is 16.5. The zero-order valence-electron chi connectivity index (χ0n) is 9.55. The van der Waals surface area contributed by atoms with E-state index in [0.717, 1.165) is 6.42 Å². The van der Waals surface area contributed by atoms with E-state index in [0.29, 0.717) is 13.0 Å². The summed E-state index contributed by atoms with van der Waals surface area (Å²) >= 11 is 0. The van der Waals surface area contributed by atoms with Gasteiger partial charge in [0.25, 0.3) is 0 Å². The summed E-state index contributed by atoms with van der Waals surface area (Å²) in [4.78, 5) is 22.1. The first-order chi connectivity index (χ1) is 6.40. The summed E-state index contributed by atoms with van der Waals surface area (Å²) in [6.45, 7) is 7.79. The Hall–Kier alpha value is -0.700. The summed E-state index contributed by atoms with van der Waals surface area (Å²) in [6, 6.07) is 0. The first-order valence-electron chi connectivity index (χ1n) is 5.00. The highest BCUT2D eigenvalue weighted by molar-refractivity contribution is 5.84. The minimum atomic E-state index is -0.264. The highest BCUT2D eigenvalue weighted by Crippen LogP contribution is 2.22. The average molecular weight is 200 g/mol. The molecule has 0 aliphatic heterocycles. The predicted molar refractivity (Wildman–Crippen MR) is 55.2 cm³/mol. The molecule has 0 aromatic rings. The fourth-order valence-electron chi connectivity index (χ4n) is 0.916. The van der Waals surface area contributed by atoms with Gasteiger partial charge in [-0.25, -0.2) is 0 Å². The lowest BCUT2D eigenvalue weighted by Crippen LogP contribution is -2.24. The normalized spacial score (nSPS) is 11.4. The van der Waals surface area contributed by atoms with Gasteiger partial charge in [0.15, 0.2) is 5.78 Å². The number of carbonyl (C=O) groups excluding carboxylic acids is 2. The molecule has 14 heavy (non-hydrogen) atoms. The van der Waals surface area contributed by atoms with E-state index < -0.39 is 0 Å². The molecule has 0 atom stereocenters. The molecular weight excluding hydrogens is 180 g/mol.